The van der Waals surface area contributed by atoms with E-state index in [2.05, 4.69) is 79.3 Å². The smallest absolute Gasteiger partial charge is 0.0132 e. The van der Waals surface area contributed by atoms with Crippen LogP contribution < -0.4 is 0 Å². The highest BCUT2D eigenvalue weighted by Crippen LogP contribution is 2.22. The number of allylic oxidation sites excluding steroid dienone is 1. The van der Waals surface area contributed by atoms with Gasteiger partial charge in [0.25, 0.3) is 0 Å². The van der Waals surface area contributed by atoms with Crippen molar-refractivity contribution in [2.24, 2.45) is 5.92 Å². The summed E-state index contributed by atoms with van der Waals surface area (Å²) in [4.78, 5) is 0. The first kappa shape index (κ1) is 26.2. The van der Waals surface area contributed by atoms with E-state index in [1.165, 1.54) is 48.8 Å². The third-order valence-electron chi connectivity index (χ3n) is 4.20. The van der Waals surface area contributed by atoms with Crippen LogP contribution in [0.15, 0.2) is 36.4 Å². The molecular formula is C25H46. The van der Waals surface area contributed by atoms with Crippen LogP contribution in [0.5, 0.6) is 0 Å². The first-order chi connectivity index (χ1) is 11.6. The predicted molar refractivity (Wildman–Crippen MR) is 119 cm³/mol. The first-order valence-electron chi connectivity index (χ1n) is 10.3. The fourth-order valence-corrected chi connectivity index (χ4v) is 2.61. The normalized spacial score (nSPS) is 10.5. The van der Waals surface area contributed by atoms with E-state index in [1.807, 2.05) is 13.8 Å². The van der Waals surface area contributed by atoms with Crippen LogP contribution in [-0.2, 0) is 11.8 Å². The zero-order valence-electron chi connectivity index (χ0n) is 18.8. The highest BCUT2D eigenvalue weighted by molar-refractivity contribution is 5.27. The first-order valence-corrected chi connectivity index (χ1v) is 10.3. The third-order valence-corrected chi connectivity index (χ3v) is 4.20. The van der Waals surface area contributed by atoms with Crippen molar-refractivity contribution in [2.75, 3.05) is 0 Å². The summed E-state index contributed by atoms with van der Waals surface area (Å²) in [6.07, 6.45) is 8.10. The van der Waals surface area contributed by atoms with E-state index in [0.717, 1.165) is 12.3 Å². The summed E-state index contributed by atoms with van der Waals surface area (Å²) in [7, 11) is 0. The van der Waals surface area contributed by atoms with Gasteiger partial charge in [0.2, 0.25) is 0 Å². The van der Waals surface area contributed by atoms with E-state index in [1.54, 1.807) is 0 Å². The van der Waals surface area contributed by atoms with Gasteiger partial charge in [0.05, 0.1) is 0 Å². The molecule has 146 valence electrons. The molecule has 0 atom stereocenters. The van der Waals surface area contributed by atoms with Gasteiger partial charge >= 0.3 is 0 Å². The summed E-state index contributed by atoms with van der Waals surface area (Å²) in [5, 5.41) is 0. The standard InChI is InChI=1S/C12H18.C9H20.C4H8/c1-5-10-6-8-11(9-7-10)12(2,3)4;1-4-7-9(6-3)8-5-2;1-4(2)3/h6-9H,5H2,1-4H3;9H,4-8H2,1-3H3;1H2,2-3H3. The van der Waals surface area contributed by atoms with Crippen molar-refractivity contribution in [3.63, 3.8) is 0 Å². The second-order valence-corrected chi connectivity index (χ2v) is 8.36. The van der Waals surface area contributed by atoms with Gasteiger partial charge in [-0.2, -0.15) is 0 Å². The molecule has 0 N–H and O–H groups in total. The van der Waals surface area contributed by atoms with Crippen LogP contribution in [0.1, 0.15) is 106 Å². The fraction of sp³-hybridized carbons (Fsp3) is 0.680. The van der Waals surface area contributed by atoms with E-state index >= 15 is 0 Å². The molecule has 0 heterocycles. The van der Waals surface area contributed by atoms with E-state index in [-0.39, 0.29) is 5.41 Å². The van der Waals surface area contributed by atoms with Crippen molar-refractivity contribution in [3.05, 3.63) is 47.5 Å². The molecule has 0 spiro atoms. The molecule has 0 saturated heterocycles. The molecule has 0 heteroatoms. The highest BCUT2D eigenvalue weighted by Gasteiger charge is 2.12. The van der Waals surface area contributed by atoms with Gasteiger partial charge in [-0.1, -0.05) is 110 Å². The van der Waals surface area contributed by atoms with Gasteiger partial charge in [-0.25, -0.2) is 0 Å². The fourth-order valence-electron chi connectivity index (χ4n) is 2.61. The largest absolute Gasteiger partial charge is 0.100 e. The van der Waals surface area contributed by atoms with Crippen LogP contribution in [-0.4, -0.2) is 0 Å². The van der Waals surface area contributed by atoms with E-state index in [0.29, 0.717) is 0 Å². The summed E-state index contributed by atoms with van der Waals surface area (Å²) < 4.78 is 0. The molecule has 0 radical (unpaired) electrons. The lowest BCUT2D eigenvalue weighted by molar-refractivity contribution is 0.427. The van der Waals surface area contributed by atoms with Crippen molar-refractivity contribution >= 4 is 0 Å². The minimum atomic E-state index is 0.284. The summed E-state index contributed by atoms with van der Waals surface area (Å²) in [5.41, 5.74) is 4.29. The Labute approximate surface area is 160 Å². The molecule has 0 aliphatic rings. The van der Waals surface area contributed by atoms with Crippen LogP contribution in [0.2, 0.25) is 0 Å². The maximum absolute atomic E-state index is 3.56. The number of aryl methyl sites for hydroxylation is 1. The topological polar surface area (TPSA) is 0 Å². The van der Waals surface area contributed by atoms with E-state index < -0.39 is 0 Å². The number of hydrogen-bond donors (Lipinski definition) is 0. The van der Waals surface area contributed by atoms with Crippen molar-refractivity contribution in [1.82, 2.24) is 0 Å². The Kier molecular flexibility index (Phi) is 16.0. The molecular weight excluding hydrogens is 300 g/mol. The number of hydrogen-bond acceptors (Lipinski definition) is 0. The van der Waals surface area contributed by atoms with Crippen LogP contribution in [0.3, 0.4) is 0 Å². The zero-order valence-corrected chi connectivity index (χ0v) is 18.8. The van der Waals surface area contributed by atoms with Gasteiger partial charge < -0.3 is 0 Å². The monoisotopic (exact) mass is 346 g/mol. The quantitative estimate of drug-likeness (QED) is 0.451. The molecule has 0 unspecified atom stereocenters. The van der Waals surface area contributed by atoms with E-state index in [4.69, 9.17) is 0 Å². The van der Waals surface area contributed by atoms with Gasteiger partial charge in [-0.3, -0.25) is 0 Å². The van der Waals surface area contributed by atoms with Crippen LogP contribution >= 0.6 is 0 Å². The van der Waals surface area contributed by atoms with E-state index in [9.17, 15) is 0 Å². The minimum absolute atomic E-state index is 0.284. The predicted octanol–water partition coefficient (Wildman–Crippen LogP) is 8.74. The van der Waals surface area contributed by atoms with Gasteiger partial charge in [0, 0.05) is 0 Å². The van der Waals surface area contributed by atoms with Gasteiger partial charge in [-0.15, -0.1) is 6.58 Å². The lowest BCUT2D eigenvalue weighted by Crippen LogP contribution is -2.10. The Morgan fingerprint density at radius 1 is 0.880 bits per heavy atom. The molecule has 0 saturated carbocycles. The van der Waals surface area contributed by atoms with Crippen molar-refractivity contribution < 1.29 is 0 Å². The molecule has 0 aliphatic carbocycles. The van der Waals surface area contributed by atoms with Crippen molar-refractivity contribution in [3.8, 4) is 0 Å². The Bertz CT molecular complexity index is 406. The summed E-state index contributed by atoms with van der Waals surface area (Å²) in [5.74, 6) is 1.01. The summed E-state index contributed by atoms with van der Waals surface area (Å²) >= 11 is 0. The lowest BCUT2D eigenvalue weighted by Gasteiger charge is -2.18. The van der Waals surface area contributed by atoms with Gasteiger partial charge in [-0.05, 0) is 42.7 Å². The minimum Gasteiger partial charge on any atom is -0.100 e. The van der Waals surface area contributed by atoms with Crippen molar-refractivity contribution in [1.29, 1.82) is 0 Å². The second-order valence-electron chi connectivity index (χ2n) is 8.36. The molecule has 0 amide bonds. The molecule has 0 aromatic heterocycles. The highest BCUT2D eigenvalue weighted by atomic mass is 14.2. The Morgan fingerprint density at radius 2 is 1.28 bits per heavy atom. The van der Waals surface area contributed by atoms with Crippen LogP contribution in [0, 0.1) is 5.92 Å². The molecule has 0 nitrogen and oxygen atoms in total. The second kappa shape index (κ2) is 15.2. The zero-order chi connectivity index (χ0) is 19.9. The number of rotatable bonds is 6. The third kappa shape index (κ3) is 16.2. The number of benzene rings is 1. The average molecular weight is 347 g/mol. The molecule has 0 bridgehead atoms. The van der Waals surface area contributed by atoms with Gasteiger partial charge in [0.15, 0.2) is 0 Å². The maximum atomic E-state index is 3.56. The molecule has 25 heavy (non-hydrogen) atoms. The maximum Gasteiger partial charge on any atom is -0.0132 e. The average Bonchev–Trinajstić information content (AvgIpc) is 2.54. The van der Waals surface area contributed by atoms with Crippen LogP contribution in [0.4, 0.5) is 0 Å². The Morgan fingerprint density at radius 3 is 1.52 bits per heavy atom. The molecule has 0 fully saturated rings. The Hall–Kier alpha value is -1.04. The molecule has 0 aliphatic heterocycles. The molecule has 1 aromatic carbocycles. The van der Waals surface area contributed by atoms with Gasteiger partial charge in [0.1, 0.15) is 0 Å². The molecule has 1 aromatic rings. The van der Waals surface area contributed by atoms with Crippen molar-refractivity contribution in [2.45, 2.75) is 106 Å². The summed E-state index contributed by atoms with van der Waals surface area (Å²) in [6.45, 7) is 23.3. The lowest BCUT2D eigenvalue weighted by atomic mass is 9.86. The SMILES string of the molecule is C=C(C)C.CCCC(CC)CCC.CCc1ccc(C(C)(C)C)cc1. The molecule has 1 rings (SSSR count). The Balaban J connectivity index is 0. The summed E-state index contributed by atoms with van der Waals surface area (Å²) in [6, 6.07) is 8.92. The van der Waals surface area contributed by atoms with Crippen LogP contribution in [0.25, 0.3) is 0 Å².